The van der Waals surface area contributed by atoms with Crippen LogP contribution in [-0.4, -0.2) is 31.8 Å². The lowest BCUT2D eigenvalue weighted by atomic mass is 10.4. The maximum atomic E-state index is 4.29. The lowest BCUT2D eigenvalue weighted by molar-refractivity contribution is 0.790. The smallest absolute Gasteiger partial charge is 0.167 e. The van der Waals surface area contributed by atoms with Crippen molar-refractivity contribution in [3.05, 3.63) is 30.2 Å². The Hall–Kier alpha value is -1.60. The number of thioether (sulfide) groups is 1. The van der Waals surface area contributed by atoms with Crippen LogP contribution in [-0.2, 0) is 7.05 Å². The highest BCUT2D eigenvalue weighted by Gasteiger charge is 2.04. The van der Waals surface area contributed by atoms with Gasteiger partial charge in [0.05, 0.1) is 5.39 Å². The van der Waals surface area contributed by atoms with Gasteiger partial charge in [-0.3, -0.25) is 0 Å². The second-order valence-corrected chi connectivity index (χ2v) is 5.91. The molecule has 0 aliphatic heterocycles. The van der Waals surface area contributed by atoms with Crippen molar-refractivity contribution in [3.8, 4) is 0 Å². The number of fused-ring (bicyclic) bond motifs is 1. The second kappa shape index (κ2) is 5.58. The first kappa shape index (κ1) is 12.4. The van der Waals surface area contributed by atoms with E-state index in [4.69, 9.17) is 0 Å². The van der Waals surface area contributed by atoms with Gasteiger partial charge in [0.25, 0.3) is 0 Å². The van der Waals surface area contributed by atoms with Crippen LogP contribution >= 0.6 is 23.1 Å². The SMILES string of the molecule is Cn1ccnc1SCCNc1ncnc2sccc12. The summed E-state index contributed by atoms with van der Waals surface area (Å²) in [5.74, 6) is 1.85. The van der Waals surface area contributed by atoms with Crippen molar-refractivity contribution in [2.45, 2.75) is 5.16 Å². The van der Waals surface area contributed by atoms with Crippen molar-refractivity contribution in [2.75, 3.05) is 17.6 Å². The molecule has 0 fully saturated rings. The maximum Gasteiger partial charge on any atom is 0.167 e. The minimum atomic E-state index is 0.847. The van der Waals surface area contributed by atoms with Crippen LogP contribution in [0.15, 0.2) is 35.3 Å². The Morgan fingerprint density at radius 3 is 3.16 bits per heavy atom. The molecule has 3 heterocycles. The van der Waals surface area contributed by atoms with Crippen LogP contribution in [0, 0.1) is 0 Å². The topological polar surface area (TPSA) is 55.6 Å². The first-order valence-electron chi connectivity index (χ1n) is 5.87. The van der Waals surface area contributed by atoms with Crippen LogP contribution in [0.3, 0.4) is 0 Å². The number of thiophene rings is 1. The molecule has 19 heavy (non-hydrogen) atoms. The van der Waals surface area contributed by atoms with Crippen molar-refractivity contribution >= 4 is 39.1 Å². The number of aryl methyl sites for hydroxylation is 1. The molecule has 7 heteroatoms. The molecule has 0 amide bonds. The third-order valence-electron chi connectivity index (χ3n) is 2.66. The lowest BCUT2D eigenvalue weighted by Crippen LogP contribution is -2.06. The number of nitrogens with one attached hydrogen (secondary N) is 1. The molecular formula is C12H13N5S2. The van der Waals surface area contributed by atoms with Gasteiger partial charge in [-0.15, -0.1) is 11.3 Å². The van der Waals surface area contributed by atoms with E-state index in [-0.39, 0.29) is 0 Å². The van der Waals surface area contributed by atoms with Crippen molar-refractivity contribution in [3.63, 3.8) is 0 Å². The van der Waals surface area contributed by atoms with Crippen LogP contribution in [0.25, 0.3) is 10.2 Å². The summed E-state index contributed by atoms with van der Waals surface area (Å²) < 4.78 is 2.02. The Labute approximate surface area is 119 Å². The highest BCUT2D eigenvalue weighted by molar-refractivity contribution is 7.99. The van der Waals surface area contributed by atoms with E-state index >= 15 is 0 Å². The zero-order chi connectivity index (χ0) is 13.1. The molecule has 3 aromatic rings. The van der Waals surface area contributed by atoms with Gasteiger partial charge in [0, 0.05) is 31.7 Å². The highest BCUT2D eigenvalue weighted by Crippen LogP contribution is 2.23. The van der Waals surface area contributed by atoms with E-state index in [1.165, 1.54) is 0 Å². The summed E-state index contributed by atoms with van der Waals surface area (Å²) in [6.07, 6.45) is 5.37. The molecular weight excluding hydrogens is 278 g/mol. The molecule has 5 nitrogen and oxygen atoms in total. The predicted octanol–water partition coefficient (Wildman–Crippen LogP) is 2.63. The fraction of sp³-hybridized carbons (Fsp3) is 0.250. The number of hydrogen-bond donors (Lipinski definition) is 1. The van der Waals surface area contributed by atoms with Crippen molar-refractivity contribution in [1.29, 1.82) is 0 Å². The van der Waals surface area contributed by atoms with Gasteiger partial charge < -0.3 is 9.88 Å². The standard InChI is InChI=1S/C12H13N5S2/c1-17-5-3-14-12(17)19-7-4-13-10-9-2-6-18-11(9)16-8-15-10/h2-3,5-6,8H,4,7H2,1H3,(H,13,15,16). The number of anilines is 1. The summed E-state index contributed by atoms with van der Waals surface area (Å²) in [5, 5.41) is 7.51. The van der Waals surface area contributed by atoms with Gasteiger partial charge in [-0.25, -0.2) is 15.0 Å². The van der Waals surface area contributed by atoms with Crippen LogP contribution < -0.4 is 5.32 Å². The average molecular weight is 291 g/mol. The third-order valence-corrected chi connectivity index (χ3v) is 4.54. The monoisotopic (exact) mass is 291 g/mol. The molecule has 3 aromatic heterocycles. The minimum Gasteiger partial charge on any atom is -0.369 e. The molecule has 0 saturated heterocycles. The van der Waals surface area contributed by atoms with Crippen LogP contribution in [0.4, 0.5) is 5.82 Å². The Morgan fingerprint density at radius 1 is 1.37 bits per heavy atom. The molecule has 1 N–H and O–H groups in total. The van der Waals surface area contributed by atoms with Gasteiger partial charge >= 0.3 is 0 Å². The van der Waals surface area contributed by atoms with Gasteiger partial charge in [0.1, 0.15) is 17.0 Å². The quantitative estimate of drug-likeness (QED) is 0.578. The normalized spacial score (nSPS) is 11.0. The highest BCUT2D eigenvalue weighted by atomic mass is 32.2. The van der Waals surface area contributed by atoms with Gasteiger partial charge in [-0.2, -0.15) is 0 Å². The number of rotatable bonds is 5. The second-order valence-electron chi connectivity index (χ2n) is 3.96. The van der Waals surface area contributed by atoms with Gasteiger partial charge in [0.2, 0.25) is 0 Å². The number of imidazole rings is 1. The molecule has 0 saturated carbocycles. The van der Waals surface area contributed by atoms with E-state index in [2.05, 4.69) is 20.3 Å². The van der Waals surface area contributed by atoms with Gasteiger partial charge in [0.15, 0.2) is 5.16 Å². The molecule has 0 radical (unpaired) electrons. The molecule has 0 atom stereocenters. The Balaban J connectivity index is 1.58. The first-order valence-corrected chi connectivity index (χ1v) is 7.73. The summed E-state index contributed by atoms with van der Waals surface area (Å²) in [4.78, 5) is 13.8. The number of nitrogens with zero attached hydrogens (tertiary/aromatic N) is 4. The Bertz CT molecular complexity index is 675. The van der Waals surface area contributed by atoms with Crippen molar-refractivity contribution in [1.82, 2.24) is 19.5 Å². The minimum absolute atomic E-state index is 0.847. The predicted molar refractivity (Wildman–Crippen MR) is 79.8 cm³/mol. The summed E-state index contributed by atoms with van der Waals surface area (Å²) in [6.45, 7) is 0.847. The fourth-order valence-corrected chi connectivity index (χ4v) is 3.25. The fourth-order valence-electron chi connectivity index (χ4n) is 1.73. The number of hydrogen-bond acceptors (Lipinski definition) is 6. The summed E-state index contributed by atoms with van der Waals surface area (Å²) in [5.41, 5.74) is 0. The molecule has 0 bridgehead atoms. The summed E-state index contributed by atoms with van der Waals surface area (Å²) in [6, 6.07) is 2.05. The molecule has 3 rings (SSSR count). The van der Waals surface area contributed by atoms with Gasteiger partial charge in [-0.1, -0.05) is 11.8 Å². The van der Waals surface area contributed by atoms with E-state index in [1.807, 2.05) is 35.5 Å². The largest absolute Gasteiger partial charge is 0.369 e. The molecule has 98 valence electrons. The van der Waals surface area contributed by atoms with Crippen LogP contribution in [0.2, 0.25) is 0 Å². The van der Waals surface area contributed by atoms with Crippen LogP contribution in [0.1, 0.15) is 0 Å². The van der Waals surface area contributed by atoms with E-state index in [1.54, 1.807) is 29.4 Å². The third kappa shape index (κ3) is 2.71. The first-order chi connectivity index (χ1) is 9.34. The van der Waals surface area contributed by atoms with E-state index in [0.29, 0.717) is 0 Å². The molecule has 0 aliphatic carbocycles. The van der Waals surface area contributed by atoms with Crippen LogP contribution in [0.5, 0.6) is 0 Å². The van der Waals surface area contributed by atoms with Crippen molar-refractivity contribution < 1.29 is 0 Å². The molecule has 0 unspecified atom stereocenters. The van der Waals surface area contributed by atoms with E-state index < -0.39 is 0 Å². The van der Waals surface area contributed by atoms with Crippen molar-refractivity contribution in [2.24, 2.45) is 7.05 Å². The zero-order valence-corrected chi connectivity index (χ0v) is 12.0. The molecule has 0 spiro atoms. The molecule has 0 aromatic carbocycles. The maximum absolute atomic E-state index is 4.29. The summed E-state index contributed by atoms with van der Waals surface area (Å²) >= 11 is 3.36. The Kier molecular flexibility index (Phi) is 3.65. The van der Waals surface area contributed by atoms with E-state index in [9.17, 15) is 0 Å². The van der Waals surface area contributed by atoms with E-state index in [0.717, 1.165) is 33.5 Å². The Morgan fingerprint density at radius 2 is 2.32 bits per heavy atom. The average Bonchev–Trinajstić information content (AvgIpc) is 3.04. The molecule has 0 aliphatic rings. The summed E-state index contributed by atoms with van der Waals surface area (Å²) in [7, 11) is 2.00. The zero-order valence-electron chi connectivity index (χ0n) is 10.4. The number of aromatic nitrogens is 4. The lowest BCUT2D eigenvalue weighted by Gasteiger charge is -2.06. The van der Waals surface area contributed by atoms with Gasteiger partial charge in [-0.05, 0) is 11.4 Å².